The molecule has 0 atom stereocenters. The molecule has 3 aromatic heterocycles. The van der Waals surface area contributed by atoms with Crippen LogP contribution in [0.5, 0.6) is 0 Å². The van der Waals surface area contributed by atoms with E-state index < -0.39 is 0 Å². The maximum absolute atomic E-state index is 7.19. The summed E-state index contributed by atoms with van der Waals surface area (Å²) < 4.78 is 9.57. The van der Waals surface area contributed by atoms with Gasteiger partial charge in [-0.2, -0.15) is 0 Å². The predicted molar refractivity (Wildman–Crippen MR) is 254 cm³/mol. The Balaban J connectivity index is 1.08. The van der Waals surface area contributed by atoms with Crippen molar-refractivity contribution in [3.63, 3.8) is 0 Å². The van der Waals surface area contributed by atoms with Crippen LogP contribution in [-0.2, 0) is 0 Å². The minimum absolute atomic E-state index is 0.578. The van der Waals surface area contributed by atoms with Crippen LogP contribution in [-0.4, -0.2) is 19.5 Å². The highest BCUT2D eigenvalue weighted by atomic mass is 16.3. The number of aromatic nitrogens is 4. The molecular weight excluding hydrogens is 757 g/mol. The van der Waals surface area contributed by atoms with Gasteiger partial charge in [0.15, 0.2) is 17.5 Å². The molecule has 5 nitrogen and oxygen atoms in total. The monoisotopic (exact) mass is 792 g/mol. The zero-order valence-electron chi connectivity index (χ0n) is 33.5. The highest BCUT2D eigenvalue weighted by Crippen LogP contribution is 2.45. The first-order chi connectivity index (χ1) is 30.7. The van der Waals surface area contributed by atoms with Crippen molar-refractivity contribution in [3.8, 4) is 73.2 Å². The molecule has 0 saturated heterocycles. The summed E-state index contributed by atoms with van der Waals surface area (Å²) in [7, 11) is 0. The van der Waals surface area contributed by atoms with Crippen molar-refractivity contribution in [2.75, 3.05) is 0 Å². The van der Waals surface area contributed by atoms with Gasteiger partial charge in [0.25, 0.3) is 0 Å². The quantitative estimate of drug-likeness (QED) is 0.161. The van der Waals surface area contributed by atoms with E-state index in [1.165, 1.54) is 21.9 Å². The highest BCUT2D eigenvalue weighted by Gasteiger charge is 2.23. The Morgan fingerprint density at radius 2 is 0.855 bits per heavy atom. The summed E-state index contributed by atoms with van der Waals surface area (Å²) in [4.78, 5) is 15.3. The van der Waals surface area contributed by atoms with E-state index in [0.29, 0.717) is 17.5 Å². The Bertz CT molecular complexity index is 3540. The lowest BCUT2D eigenvalue weighted by Gasteiger charge is -2.12. The Kier molecular flexibility index (Phi) is 8.42. The van der Waals surface area contributed by atoms with Crippen molar-refractivity contribution in [1.82, 2.24) is 19.5 Å². The third-order valence-corrected chi connectivity index (χ3v) is 11.9. The molecule has 0 aliphatic heterocycles. The molecule has 5 heteroatoms. The second-order valence-corrected chi connectivity index (χ2v) is 15.6. The number of rotatable bonds is 7. The average molecular weight is 793 g/mol. The summed E-state index contributed by atoms with van der Waals surface area (Å²) in [5.41, 5.74) is 14.2. The highest BCUT2D eigenvalue weighted by molar-refractivity contribution is 6.16. The summed E-state index contributed by atoms with van der Waals surface area (Å²) >= 11 is 0. The van der Waals surface area contributed by atoms with Crippen LogP contribution in [0.4, 0.5) is 0 Å². The average Bonchev–Trinajstić information content (AvgIpc) is 3.90. The fraction of sp³-hybridized carbons (Fsp3) is 0. The molecule has 0 spiro atoms. The lowest BCUT2D eigenvalue weighted by molar-refractivity contribution is 0.671. The fourth-order valence-corrected chi connectivity index (χ4v) is 8.95. The lowest BCUT2D eigenvalue weighted by Crippen LogP contribution is -2.01. The largest absolute Gasteiger partial charge is 0.455 e. The normalized spacial score (nSPS) is 11.5. The number of hydrogen-bond acceptors (Lipinski definition) is 4. The lowest BCUT2D eigenvalue weighted by atomic mass is 9.95. The number of hydrogen-bond donors (Lipinski definition) is 0. The van der Waals surface area contributed by atoms with Gasteiger partial charge in [0, 0.05) is 55.0 Å². The van der Waals surface area contributed by atoms with Crippen molar-refractivity contribution < 1.29 is 4.42 Å². The zero-order chi connectivity index (χ0) is 41.0. The Morgan fingerprint density at radius 3 is 1.52 bits per heavy atom. The van der Waals surface area contributed by atoms with Gasteiger partial charge in [-0.15, -0.1) is 0 Å². The molecule has 9 aromatic carbocycles. The molecule has 0 unspecified atom stereocenters. The molecule has 0 N–H and O–H groups in total. The molecule has 290 valence electrons. The van der Waals surface area contributed by atoms with E-state index in [1.54, 1.807) is 0 Å². The van der Waals surface area contributed by atoms with E-state index in [-0.39, 0.29) is 0 Å². The minimum Gasteiger partial charge on any atom is -0.455 e. The Hall–Kier alpha value is -8.41. The van der Waals surface area contributed by atoms with Crippen LogP contribution < -0.4 is 0 Å². The van der Waals surface area contributed by atoms with Gasteiger partial charge in [0.1, 0.15) is 11.2 Å². The fourth-order valence-electron chi connectivity index (χ4n) is 8.95. The third kappa shape index (κ3) is 5.98. The number of nitrogens with zero attached hydrogens (tertiary/aromatic N) is 4. The van der Waals surface area contributed by atoms with Gasteiger partial charge < -0.3 is 8.98 Å². The van der Waals surface area contributed by atoms with Crippen LogP contribution in [0.15, 0.2) is 223 Å². The van der Waals surface area contributed by atoms with E-state index in [2.05, 4.69) is 156 Å². The minimum atomic E-state index is 0.578. The van der Waals surface area contributed by atoms with Gasteiger partial charge in [-0.1, -0.05) is 176 Å². The van der Waals surface area contributed by atoms with Crippen molar-refractivity contribution in [3.05, 3.63) is 218 Å². The number of para-hydroxylation sites is 2. The maximum atomic E-state index is 7.19. The third-order valence-electron chi connectivity index (χ3n) is 11.9. The Labute approximate surface area is 357 Å². The van der Waals surface area contributed by atoms with Gasteiger partial charge >= 0.3 is 0 Å². The van der Waals surface area contributed by atoms with Crippen LogP contribution in [0.25, 0.3) is 117 Å². The summed E-state index contributed by atoms with van der Waals surface area (Å²) in [5, 5.41) is 4.48. The second-order valence-electron chi connectivity index (χ2n) is 15.6. The molecule has 0 amide bonds. The SMILES string of the molecule is c1ccc(-c2ccc3c(c2)c2ccc(-c4cccc5c4oc4c(-c6ccccc6)c(-c6nc(-c7ccccc7)nc(-c7ccccc7)n6)ccc45)cc2n3-c2ccccc2)cc1. The van der Waals surface area contributed by atoms with E-state index in [0.717, 1.165) is 77.6 Å². The summed E-state index contributed by atoms with van der Waals surface area (Å²) in [6.07, 6.45) is 0. The Morgan fingerprint density at radius 1 is 0.306 bits per heavy atom. The molecule has 0 saturated carbocycles. The standard InChI is InChI=1S/C57H36N4O/c1-6-17-37(18-7-1)41-30-34-50-49(35-41)45-31-29-42(36-51(45)61(50)43-25-14-5-15-26-43)44-27-16-28-46-47-32-33-48(52(54(47)62-53(44)46)38-19-8-2-9-20-38)57-59-55(39-21-10-3-11-22-39)58-56(60-57)40-23-12-4-13-24-40/h1-36H. The number of benzene rings is 9. The molecule has 3 heterocycles. The molecule has 62 heavy (non-hydrogen) atoms. The van der Waals surface area contributed by atoms with E-state index in [4.69, 9.17) is 19.4 Å². The molecule has 12 aromatic rings. The smallest absolute Gasteiger partial charge is 0.164 e. The van der Waals surface area contributed by atoms with Gasteiger partial charge in [0.05, 0.1) is 11.0 Å². The first-order valence-corrected chi connectivity index (χ1v) is 20.9. The van der Waals surface area contributed by atoms with Crippen LogP contribution in [0.2, 0.25) is 0 Å². The molecule has 0 aliphatic carbocycles. The zero-order valence-corrected chi connectivity index (χ0v) is 33.5. The van der Waals surface area contributed by atoms with Crippen LogP contribution >= 0.6 is 0 Å². The predicted octanol–water partition coefficient (Wildman–Crippen LogP) is 14.9. The van der Waals surface area contributed by atoms with Gasteiger partial charge in [-0.3, -0.25) is 0 Å². The van der Waals surface area contributed by atoms with Gasteiger partial charge in [-0.25, -0.2) is 15.0 Å². The first-order valence-electron chi connectivity index (χ1n) is 20.9. The van der Waals surface area contributed by atoms with Gasteiger partial charge in [-0.05, 0) is 64.7 Å². The number of fused-ring (bicyclic) bond motifs is 6. The molecule has 12 rings (SSSR count). The number of furan rings is 1. The molecule has 0 radical (unpaired) electrons. The molecule has 0 aliphatic rings. The van der Waals surface area contributed by atoms with Crippen LogP contribution in [0.1, 0.15) is 0 Å². The van der Waals surface area contributed by atoms with E-state index in [1.807, 2.05) is 66.7 Å². The van der Waals surface area contributed by atoms with Gasteiger partial charge in [0.2, 0.25) is 0 Å². The summed E-state index contributed by atoms with van der Waals surface area (Å²) in [6.45, 7) is 0. The van der Waals surface area contributed by atoms with E-state index >= 15 is 0 Å². The van der Waals surface area contributed by atoms with Crippen LogP contribution in [0, 0.1) is 0 Å². The van der Waals surface area contributed by atoms with Crippen molar-refractivity contribution in [1.29, 1.82) is 0 Å². The summed E-state index contributed by atoms with van der Waals surface area (Å²) in [5.74, 6) is 1.80. The summed E-state index contributed by atoms with van der Waals surface area (Å²) in [6, 6.07) is 76.2. The van der Waals surface area contributed by atoms with Crippen LogP contribution in [0.3, 0.4) is 0 Å². The van der Waals surface area contributed by atoms with Crippen molar-refractivity contribution >= 4 is 43.7 Å². The van der Waals surface area contributed by atoms with Crippen molar-refractivity contribution in [2.24, 2.45) is 0 Å². The van der Waals surface area contributed by atoms with E-state index in [9.17, 15) is 0 Å². The topological polar surface area (TPSA) is 56.7 Å². The molecule has 0 bridgehead atoms. The first kappa shape index (κ1) is 35.5. The molecule has 0 fully saturated rings. The molecular formula is C57H36N4O. The maximum Gasteiger partial charge on any atom is 0.164 e. The van der Waals surface area contributed by atoms with Crippen molar-refractivity contribution in [2.45, 2.75) is 0 Å². The second kappa shape index (κ2) is 14.7.